The first kappa shape index (κ1) is 29.3. The quantitative estimate of drug-likeness (QED) is 0.200. The summed E-state index contributed by atoms with van der Waals surface area (Å²) >= 11 is 6.37. The van der Waals surface area contributed by atoms with Gasteiger partial charge in [0.1, 0.15) is 30.5 Å². The van der Waals surface area contributed by atoms with Crippen molar-refractivity contribution in [3.8, 4) is 22.8 Å². The smallest absolute Gasteiger partial charge is 0.257 e. The summed E-state index contributed by atoms with van der Waals surface area (Å²) in [7, 11) is 0. The molecule has 0 unspecified atom stereocenters. The van der Waals surface area contributed by atoms with E-state index in [4.69, 9.17) is 26.8 Å². The highest BCUT2D eigenvalue weighted by Crippen LogP contribution is 2.34. The maximum atomic E-state index is 10.2. The predicted octanol–water partition coefficient (Wildman–Crippen LogP) is 5.17. The second kappa shape index (κ2) is 13.6. The van der Waals surface area contributed by atoms with Crippen LogP contribution in [0.25, 0.3) is 11.1 Å². The van der Waals surface area contributed by atoms with Gasteiger partial charge >= 0.3 is 0 Å². The number of rotatable bonds is 12. The fraction of sp³-hybridized carbons (Fsp3) is 0.464. The number of aliphatic hydroxyl groups is 1. The van der Waals surface area contributed by atoms with Gasteiger partial charge in [-0.1, -0.05) is 36.9 Å². The topological polar surface area (TPSA) is 145 Å². The molecule has 40 heavy (non-hydrogen) atoms. The number of hydrogen-bond donors (Lipinski definition) is 3. The Morgan fingerprint density at radius 1 is 1.23 bits per heavy atom. The molecule has 12 heteroatoms. The van der Waals surface area contributed by atoms with Crippen LogP contribution in [-0.4, -0.2) is 62.4 Å². The van der Waals surface area contributed by atoms with Crippen molar-refractivity contribution in [1.82, 2.24) is 19.7 Å². The van der Waals surface area contributed by atoms with Crippen molar-refractivity contribution in [2.45, 2.75) is 70.6 Å². The lowest BCUT2D eigenvalue weighted by atomic mass is 9.96. The second-order valence-electron chi connectivity index (χ2n) is 10.5. The Morgan fingerprint density at radius 3 is 2.67 bits per heavy atom. The fourth-order valence-corrected chi connectivity index (χ4v) is 4.48. The highest BCUT2D eigenvalue weighted by atomic mass is 35.5. The third-order valence-electron chi connectivity index (χ3n) is 6.30. The van der Waals surface area contributed by atoms with Crippen LogP contribution in [0.3, 0.4) is 0 Å². The summed E-state index contributed by atoms with van der Waals surface area (Å²) in [4.78, 5) is 16.9. The zero-order chi connectivity index (χ0) is 28.5. The minimum absolute atomic E-state index is 0.108. The molecule has 1 aromatic carbocycles. The summed E-state index contributed by atoms with van der Waals surface area (Å²) in [6.45, 7) is 5.80. The second-order valence-corrected chi connectivity index (χ2v) is 10.9. The molecule has 0 saturated heterocycles. The Hall–Kier alpha value is -3.70. The summed E-state index contributed by atoms with van der Waals surface area (Å²) in [5.41, 5.74) is 6.52. The normalized spacial score (nSPS) is 15.5. The van der Waals surface area contributed by atoms with Gasteiger partial charge in [0.25, 0.3) is 5.88 Å². The van der Waals surface area contributed by atoms with Gasteiger partial charge in [-0.3, -0.25) is 9.67 Å². The molecule has 11 nitrogen and oxygen atoms in total. The van der Waals surface area contributed by atoms with Crippen molar-refractivity contribution < 1.29 is 14.6 Å². The fourth-order valence-electron chi connectivity index (χ4n) is 4.32. The van der Waals surface area contributed by atoms with Crippen LogP contribution >= 0.6 is 11.6 Å². The molecule has 1 aliphatic rings. The number of ether oxygens (including phenoxy) is 2. The number of aromatic nitrogens is 4. The average Bonchev–Trinajstić information content (AvgIpc) is 3.34. The van der Waals surface area contributed by atoms with Crippen LogP contribution in [0, 0.1) is 0 Å². The number of aliphatic imine (C=N–C) groups is 2. The van der Waals surface area contributed by atoms with Crippen molar-refractivity contribution in [3.05, 3.63) is 41.8 Å². The SMILES string of the molecule is C[C@@H](CN=CN=CN)Oc1cc(-c2cnc(Nc3cn(C4CCCCC4)nc3OCC(C)(C)O)nc2)ccc1Cl. The zero-order valence-corrected chi connectivity index (χ0v) is 23.9. The highest BCUT2D eigenvalue weighted by Gasteiger charge is 2.22. The molecule has 2 heterocycles. The Kier molecular flexibility index (Phi) is 9.94. The van der Waals surface area contributed by atoms with E-state index in [2.05, 4.69) is 30.4 Å². The van der Waals surface area contributed by atoms with Gasteiger partial charge < -0.3 is 25.6 Å². The number of nitrogens with two attached hydrogens (primary N) is 1. The zero-order valence-electron chi connectivity index (χ0n) is 23.1. The molecule has 0 radical (unpaired) electrons. The number of hydrogen-bond acceptors (Lipinski definition) is 8. The minimum Gasteiger partial charge on any atom is -0.487 e. The van der Waals surface area contributed by atoms with Crippen LogP contribution in [0.4, 0.5) is 11.6 Å². The van der Waals surface area contributed by atoms with Gasteiger partial charge in [0.05, 0.1) is 35.7 Å². The van der Waals surface area contributed by atoms with E-state index in [0.29, 0.717) is 40.9 Å². The molecule has 1 saturated carbocycles. The molecule has 214 valence electrons. The molecule has 1 aliphatic carbocycles. The van der Waals surface area contributed by atoms with Gasteiger partial charge in [-0.2, -0.15) is 0 Å². The molecule has 1 fully saturated rings. The molecule has 1 atom stereocenters. The van der Waals surface area contributed by atoms with Gasteiger partial charge in [-0.25, -0.2) is 15.0 Å². The third-order valence-corrected chi connectivity index (χ3v) is 6.61. The number of benzene rings is 1. The van der Waals surface area contributed by atoms with Gasteiger partial charge in [0.2, 0.25) is 5.95 Å². The van der Waals surface area contributed by atoms with Crippen LogP contribution in [0.15, 0.2) is 46.8 Å². The standard InChI is InChI=1S/C28H37ClN8O3/c1-19(12-31-18-32-17-30)40-25-11-20(9-10-23(25)29)21-13-33-27(34-14-21)35-24-15-37(22-7-5-4-6-8-22)36-26(24)39-16-28(2,3)38/h9-11,13-15,17-19,22,38H,4-8,12,16H2,1-3H3,(H2,30,31,32)(H,33,34,35)/t19-/m0/s1. The largest absolute Gasteiger partial charge is 0.487 e. The summed E-state index contributed by atoms with van der Waals surface area (Å²) in [6, 6.07) is 5.84. The maximum absolute atomic E-state index is 10.2. The number of halogens is 1. The van der Waals surface area contributed by atoms with Crippen molar-refractivity contribution in [1.29, 1.82) is 0 Å². The lowest BCUT2D eigenvalue weighted by Gasteiger charge is -2.21. The van der Waals surface area contributed by atoms with Crippen LogP contribution in [0.2, 0.25) is 5.02 Å². The Balaban J connectivity index is 1.48. The van der Waals surface area contributed by atoms with E-state index < -0.39 is 5.60 Å². The molecule has 4 N–H and O–H groups in total. The van der Waals surface area contributed by atoms with Gasteiger partial charge in [0, 0.05) is 18.0 Å². The first-order valence-electron chi connectivity index (χ1n) is 13.4. The van der Waals surface area contributed by atoms with Gasteiger partial charge in [-0.15, -0.1) is 5.10 Å². The lowest BCUT2D eigenvalue weighted by molar-refractivity contribution is 0.0267. The van der Waals surface area contributed by atoms with E-state index in [1.807, 2.05) is 29.9 Å². The van der Waals surface area contributed by atoms with E-state index in [1.54, 1.807) is 32.3 Å². The van der Waals surface area contributed by atoms with Crippen LogP contribution in [0.1, 0.15) is 58.9 Å². The summed E-state index contributed by atoms with van der Waals surface area (Å²) in [6.07, 6.45) is 13.5. The molecular weight excluding hydrogens is 532 g/mol. The van der Waals surface area contributed by atoms with Crippen molar-refractivity contribution in [3.63, 3.8) is 0 Å². The van der Waals surface area contributed by atoms with Crippen LogP contribution < -0.4 is 20.5 Å². The molecule has 0 amide bonds. The van der Waals surface area contributed by atoms with E-state index in [1.165, 1.54) is 31.9 Å². The number of anilines is 2. The molecule has 2 aromatic heterocycles. The van der Waals surface area contributed by atoms with Crippen LogP contribution in [-0.2, 0) is 0 Å². The number of nitrogens with one attached hydrogen (secondary N) is 1. The molecule has 0 aliphatic heterocycles. The van der Waals surface area contributed by atoms with E-state index >= 15 is 0 Å². The van der Waals surface area contributed by atoms with Crippen LogP contribution in [0.5, 0.6) is 11.6 Å². The van der Waals surface area contributed by atoms with E-state index in [-0.39, 0.29) is 12.7 Å². The first-order valence-corrected chi connectivity index (χ1v) is 13.8. The Labute approximate surface area is 239 Å². The lowest BCUT2D eigenvalue weighted by Crippen LogP contribution is -2.28. The molecule has 0 bridgehead atoms. The van der Waals surface area contributed by atoms with E-state index in [9.17, 15) is 5.11 Å². The van der Waals surface area contributed by atoms with Crippen molar-refractivity contribution in [2.24, 2.45) is 15.7 Å². The number of nitrogens with zero attached hydrogens (tertiary/aromatic N) is 6. The average molecular weight is 569 g/mol. The predicted molar refractivity (Wildman–Crippen MR) is 158 cm³/mol. The summed E-state index contributed by atoms with van der Waals surface area (Å²) < 4.78 is 13.8. The van der Waals surface area contributed by atoms with Crippen molar-refractivity contribution in [2.75, 3.05) is 18.5 Å². The summed E-state index contributed by atoms with van der Waals surface area (Å²) in [5, 5.41) is 18.6. The van der Waals surface area contributed by atoms with Gasteiger partial charge in [0.15, 0.2) is 0 Å². The first-order chi connectivity index (χ1) is 19.2. The summed E-state index contributed by atoms with van der Waals surface area (Å²) in [5.74, 6) is 1.35. The third kappa shape index (κ3) is 8.40. The monoisotopic (exact) mass is 568 g/mol. The molecule has 4 rings (SSSR count). The highest BCUT2D eigenvalue weighted by molar-refractivity contribution is 6.32. The Morgan fingerprint density at radius 2 is 1.98 bits per heavy atom. The molecule has 0 spiro atoms. The van der Waals surface area contributed by atoms with Crippen molar-refractivity contribution >= 4 is 35.9 Å². The van der Waals surface area contributed by atoms with Gasteiger partial charge in [-0.05, 0) is 51.3 Å². The Bertz CT molecular complexity index is 1300. The maximum Gasteiger partial charge on any atom is 0.257 e. The minimum atomic E-state index is -0.991. The van der Waals surface area contributed by atoms with E-state index in [0.717, 1.165) is 24.0 Å². The molecular formula is C28H37ClN8O3. The molecule has 3 aromatic rings.